The van der Waals surface area contributed by atoms with E-state index in [1.165, 1.54) is 7.11 Å². The lowest BCUT2D eigenvalue weighted by molar-refractivity contribution is -0.140. The maximum atomic E-state index is 11.0. The first-order valence-corrected chi connectivity index (χ1v) is 5.75. The summed E-state index contributed by atoms with van der Waals surface area (Å²) in [5.41, 5.74) is 0.893. The Balaban J connectivity index is 2.18. The number of nitrogens with zero attached hydrogens (tertiary/aromatic N) is 2. The Hall–Kier alpha value is -2.17. The largest absolute Gasteiger partial charge is 0.469 e. The summed E-state index contributed by atoms with van der Waals surface area (Å²) in [4.78, 5) is 11.0. The van der Waals surface area contributed by atoms with Gasteiger partial charge in [-0.2, -0.15) is 5.10 Å². The smallest absolute Gasteiger partial charge is 0.307 e. The molecule has 94 valence electrons. The van der Waals surface area contributed by atoms with Gasteiger partial charge in [0.1, 0.15) is 0 Å². The molecule has 0 unspecified atom stereocenters. The van der Waals surface area contributed by atoms with Gasteiger partial charge in [0.25, 0.3) is 0 Å². The van der Waals surface area contributed by atoms with Crippen LogP contribution in [0.4, 0.5) is 5.82 Å². The van der Waals surface area contributed by atoms with Crippen LogP contribution in [0, 0.1) is 6.92 Å². The summed E-state index contributed by atoms with van der Waals surface area (Å²) in [6.07, 6.45) is 0.306. The second kappa shape index (κ2) is 5.44. The fraction of sp³-hybridized carbons (Fsp3) is 0.308. The predicted molar refractivity (Wildman–Crippen MR) is 69.4 cm³/mol. The minimum atomic E-state index is -0.244. The van der Waals surface area contributed by atoms with Crippen LogP contribution < -0.4 is 5.32 Å². The zero-order chi connectivity index (χ0) is 13.0. The van der Waals surface area contributed by atoms with Crippen LogP contribution in [0.5, 0.6) is 0 Å². The van der Waals surface area contributed by atoms with Gasteiger partial charge >= 0.3 is 5.97 Å². The van der Waals surface area contributed by atoms with Crippen molar-refractivity contribution in [3.63, 3.8) is 0 Å². The molecule has 0 saturated heterocycles. The number of esters is 1. The Labute approximate surface area is 105 Å². The normalized spacial score (nSPS) is 10.3. The van der Waals surface area contributed by atoms with Crippen LogP contribution in [0.25, 0.3) is 10.8 Å². The van der Waals surface area contributed by atoms with E-state index < -0.39 is 0 Å². The first-order chi connectivity index (χ1) is 8.72. The third kappa shape index (κ3) is 2.56. The molecule has 0 aliphatic heterocycles. The first-order valence-electron chi connectivity index (χ1n) is 5.75. The summed E-state index contributed by atoms with van der Waals surface area (Å²) < 4.78 is 4.58. The highest BCUT2D eigenvalue weighted by Crippen LogP contribution is 2.21. The number of carbonyl (C=O) groups is 1. The summed E-state index contributed by atoms with van der Waals surface area (Å²) >= 11 is 0. The van der Waals surface area contributed by atoms with Crippen molar-refractivity contribution >= 4 is 22.6 Å². The lowest BCUT2D eigenvalue weighted by Crippen LogP contribution is -2.11. The van der Waals surface area contributed by atoms with Crippen LogP contribution in [0.1, 0.15) is 12.1 Å². The van der Waals surface area contributed by atoms with Gasteiger partial charge in [0.15, 0.2) is 5.82 Å². The molecule has 5 nitrogen and oxygen atoms in total. The number of aromatic nitrogens is 2. The van der Waals surface area contributed by atoms with Crippen LogP contribution >= 0.6 is 0 Å². The SMILES string of the molecule is COC(=O)CCNc1nnc(C)c2ccccc12. The van der Waals surface area contributed by atoms with E-state index in [-0.39, 0.29) is 5.97 Å². The molecule has 0 saturated carbocycles. The van der Waals surface area contributed by atoms with Gasteiger partial charge in [-0.1, -0.05) is 24.3 Å². The zero-order valence-corrected chi connectivity index (χ0v) is 10.4. The number of fused-ring (bicyclic) bond motifs is 1. The molecule has 0 atom stereocenters. The molecule has 0 aliphatic carbocycles. The molecule has 2 aromatic rings. The minimum absolute atomic E-state index is 0.244. The van der Waals surface area contributed by atoms with Gasteiger partial charge in [-0.25, -0.2) is 0 Å². The average Bonchev–Trinajstić information content (AvgIpc) is 2.41. The number of methoxy groups -OCH3 is 1. The maximum absolute atomic E-state index is 11.0. The molecule has 1 heterocycles. The van der Waals surface area contributed by atoms with E-state index in [0.717, 1.165) is 16.5 Å². The zero-order valence-electron chi connectivity index (χ0n) is 10.4. The molecule has 0 aliphatic rings. The summed E-state index contributed by atoms with van der Waals surface area (Å²) in [5.74, 6) is 0.451. The number of hydrogen-bond donors (Lipinski definition) is 1. The molecule has 2 rings (SSSR count). The topological polar surface area (TPSA) is 64.1 Å². The van der Waals surface area contributed by atoms with Crippen molar-refractivity contribution in [3.8, 4) is 0 Å². The number of nitrogens with one attached hydrogen (secondary N) is 1. The average molecular weight is 245 g/mol. The third-order valence-electron chi connectivity index (χ3n) is 2.72. The molecule has 0 bridgehead atoms. The second-order valence-electron chi connectivity index (χ2n) is 3.93. The van der Waals surface area contributed by atoms with Crippen molar-refractivity contribution in [2.24, 2.45) is 0 Å². The van der Waals surface area contributed by atoms with E-state index >= 15 is 0 Å². The van der Waals surface area contributed by atoms with E-state index in [1.807, 2.05) is 31.2 Å². The number of aryl methyl sites for hydroxylation is 1. The maximum Gasteiger partial charge on any atom is 0.307 e. The number of ether oxygens (including phenoxy) is 1. The van der Waals surface area contributed by atoms with Crippen molar-refractivity contribution < 1.29 is 9.53 Å². The lowest BCUT2D eigenvalue weighted by Gasteiger charge is -2.08. The fourth-order valence-corrected chi connectivity index (χ4v) is 1.75. The number of carbonyl (C=O) groups excluding carboxylic acids is 1. The summed E-state index contributed by atoms with van der Waals surface area (Å²) in [5, 5.41) is 13.4. The van der Waals surface area contributed by atoms with E-state index in [9.17, 15) is 4.79 Å². The van der Waals surface area contributed by atoms with Crippen molar-refractivity contribution in [1.82, 2.24) is 10.2 Å². The first kappa shape index (κ1) is 12.3. The molecule has 18 heavy (non-hydrogen) atoms. The number of rotatable bonds is 4. The molecule has 5 heteroatoms. The predicted octanol–water partition coefficient (Wildman–Crippen LogP) is 1.91. The standard InChI is InChI=1S/C13H15N3O2/c1-9-10-5-3-4-6-11(10)13(16-15-9)14-8-7-12(17)18-2/h3-6H,7-8H2,1-2H3,(H,14,16). The van der Waals surface area contributed by atoms with Gasteiger partial charge in [0.2, 0.25) is 0 Å². The van der Waals surface area contributed by atoms with Crippen LogP contribution in [0.3, 0.4) is 0 Å². The Bertz CT molecular complexity index is 569. The Morgan fingerprint density at radius 1 is 1.28 bits per heavy atom. The molecular weight excluding hydrogens is 230 g/mol. The molecule has 0 radical (unpaired) electrons. The van der Waals surface area contributed by atoms with Gasteiger partial charge in [-0.15, -0.1) is 5.10 Å². The number of hydrogen-bond acceptors (Lipinski definition) is 5. The van der Waals surface area contributed by atoms with Crippen molar-refractivity contribution in [3.05, 3.63) is 30.0 Å². The molecule has 0 spiro atoms. The number of anilines is 1. The van der Waals surface area contributed by atoms with E-state index in [2.05, 4.69) is 20.3 Å². The Kier molecular flexibility index (Phi) is 3.72. The minimum Gasteiger partial charge on any atom is -0.469 e. The van der Waals surface area contributed by atoms with Gasteiger partial charge in [0.05, 0.1) is 19.2 Å². The molecule has 1 aromatic heterocycles. The van der Waals surface area contributed by atoms with Crippen molar-refractivity contribution in [2.75, 3.05) is 19.0 Å². The van der Waals surface area contributed by atoms with Gasteiger partial charge in [-0.05, 0) is 6.92 Å². The molecule has 0 fully saturated rings. The molecular formula is C13H15N3O2. The fourth-order valence-electron chi connectivity index (χ4n) is 1.75. The quantitative estimate of drug-likeness (QED) is 0.834. The molecule has 0 amide bonds. The highest BCUT2D eigenvalue weighted by Gasteiger charge is 2.06. The lowest BCUT2D eigenvalue weighted by atomic mass is 10.1. The van der Waals surface area contributed by atoms with Gasteiger partial charge in [0, 0.05) is 17.3 Å². The summed E-state index contributed by atoms with van der Waals surface area (Å²) in [6, 6.07) is 7.91. The number of benzene rings is 1. The van der Waals surface area contributed by atoms with Gasteiger partial charge in [-0.3, -0.25) is 4.79 Å². The monoisotopic (exact) mass is 245 g/mol. The third-order valence-corrected chi connectivity index (χ3v) is 2.72. The van der Waals surface area contributed by atoms with Crippen LogP contribution in [-0.2, 0) is 9.53 Å². The van der Waals surface area contributed by atoms with E-state index in [4.69, 9.17) is 0 Å². The summed E-state index contributed by atoms with van der Waals surface area (Å²) in [6.45, 7) is 2.40. The van der Waals surface area contributed by atoms with Crippen molar-refractivity contribution in [2.45, 2.75) is 13.3 Å². The van der Waals surface area contributed by atoms with Crippen LogP contribution in [-0.4, -0.2) is 29.8 Å². The van der Waals surface area contributed by atoms with Crippen LogP contribution in [0.2, 0.25) is 0 Å². The highest BCUT2D eigenvalue weighted by atomic mass is 16.5. The molecule has 1 aromatic carbocycles. The highest BCUT2D eigenvalue weighted by molar-refractivity contribution is 5.92. The van der Waals surface area contributed by atoms with Gasteiger partial charge < -0.3 is 10.1 Å². The molecule has 1 N–H and O–H groups in total. The second-order valence-corrected chi connectivity index (χ2v) is 3.93. The Morgan fingerprint density at radius 3 is 2.72 bits per heavy atom. The van der Waals surface area contributed by atoms with Crippen molar-refractivity contribution in [1.29, 1.82) is 0 Å². The van der Waals surface area contributed by atoms with E-state index in [0.29, 0.717) is 18.8 Å². The summed E-state index contributed by atoms with van der Waals surface area (Å²) in [7, 11) is 1.38. The van der Waals surface area contributed by atoms with E-state index in [1.54, 1.807) is 0 Å². The van der Waals surface area contributed by atoms with Crippen LogP contribution in [0.15, 0.2) is 24.3 Å². The Morgan fingerprint density at radius 2 is 2.00 bits per heavy atom.